The summed E-state index contributed by atoms with van der Waals surface area (Å²) in [7, 11) is -3.62. The number of carbonyl (C=O) groups excluding carboxylic acids is 1. The van der Waals surface area contributed by atoms with Crippen LogP contribution in [0.1, 0.15) is 39.7 Å². The molecule has 0 aliphatic rings. The molecule has 0 heterocycles. The molecule has 0 saturated heterocycles. The second-order valence-corrected chi connectivity index (χ2v) is 10.1. The molecule has 0 aliphatic carbocycles. The van der Waals surface area contributed by atoms with Crippen LogP contribution >= 0.6 is 0 Å². The Balaban J connectivity index is 1.96. The van der Waals surface area contributed by atoms with Crippen molar-refractivity contribution in [2.75, 3.05) is 23.7 Å². The number of hydrogen-bond acceptors (Lipinski definition) is 4. The van der Waals surface area contributed by atoms with Crippen LogP contribution in [0.5, 0.6) is 5.75 Å². The van der Waals surface area contributed by atoms with Gasteiger partial charge in [0.2, 0.25) is 15.9 Å². The normalized spacial score (nSPS) is 12.8. The minimum Gasteiger partial charge on any atom is -0.492 e. The topological polar surface area (TPSA) is 75.7 Å². The molecule has 0 saturated carbocycles. The average Bonchev–Trinajstić information content (AvgIpc) is 2.68. The van der Waals surface area contributed by atoms with Crippen LogP contribution < -0.4 is 14.4 Å². The Hall–Kier alpha value is -2.54. The first-order valence-electron chi connectivity index (χ1n) is 10.1. The number of sulfonamides is 1. The fourth-order valence-electron chi connectivity index (χ4n) is 3.15. The van der Waals surface area contributed by atoms with Crippen LogP contribution in [0.4, 0.5) is 5.69 Å². The maximum atomic E-state index is 12.7. The van der Waals surface area contributed by atoms with Crippen molar-refractivity contribution in [3.8, 4) is 5.75 Å². The van der Waals surface area contributed by atoms with Gasteiger partial charge < -0.3 is 10.1 Å². The van der Waals surface area contributed by atoms with E-state index < -0.39 is 16.1 Å². The van der Waals surface area contributed by atoms with Crippen LogP contribution in [0, 0.1) is 0 Å². The van der Waals surface area contributed by atoms with Crippen LogP contribution in [0.25, 0.3) is 0 Å². The monoisotopic (exact) mass is 432 g/mol. The van der Waals surface area contributed by atoms with Crippen molar-refractivity contribution >= 4 is 21.6 Å². The van der Waals surface area contributed by atoms with Crippen molar-refractivity contribution < 1.29 is 17.9 Å². The third kappa shape index (κ3) is 6.49. The van der Waals surface area contributed by atoms with Crippen molar-refractivity contribution in [1.82, 2.24) is 5.32 Å². The predicted molar refractivity (Wildman–Crippen MR) is 121 cm³/mol. The summed E-state index contributed by atoms with van der Waals surface area (Å²) in [6.07, 6.45) is 1.46. The molecule has 0 radical (unpaired) electrons. The maximum Gasteiger partial charge on any atom is 0.244 e. The zero-order chi connectivity index (χ0) is 22.4. The van der Waals surface area contributed by atoms with Gasteiger partial charge in [0.15, 0.2) is 0 Å². The maximum absolute atomic E-state index is 12.7. The number of para-hydroxylation sites is 1. The van der Waals surface area contributed by atoms with E-state index in [0.29, 0.717) is 18.7 Å². The van der Waals surface area contributed by atoms with Gasteiger partial charge in [-0.15, -0.1) is 0 Å². The summed E-state index contributed by atoms with van der Waals surface area (Å²) < 4.78 is 31.6. The Labute approximate surface area is 180 Å². The first-order chi connectivity index (χ1) is 14.0. The molecular weight excluding hydrogens is 400 g/mol. The molecule has 0 aliphatic heterocycles. The van der Waals surface area contributed by atoms with Gasteiger partial charge in [0.25, 0.3) is 0 Å². The summed E-state index contributed by atoms with van der Waals surface area (Å²) in [4.78, 5) is 12.7. The zero-order valence-corrected chi connectivity index (χ0v) is 19.2. The molecule has 30 heavy (non-hydrogen) atoms. The Bertz CT molecular complexity index is 920. The summed E-state index contributed by atoms with van der Waals surface area (Å²) in [5.41, 5.74) is 1.76. The molecule has 2 rings (SSSR count). The highest BCUT2D eigenvalue weighted by molar-refractivity contribution is 7.92. The Morgan fingerprint density at radius 3 is 2.17 bits per heavy atom. The van der Waals surface area contributed by atoms with E-state index in [1.807, 2.05) is 24.3 Å². The fraction of sp³-hybridized carbons (Fsp3) is 0.435. The van der Waals surface area contributed by atoms with Crippen LogP contribution in [-0.4, -0.2) is 39.8 Å². The Kier molecular flexibility index (Phi) is 7.89. The van der Waals surface area contributed by atoms with E-state index in [9.17, 15) is 13.2 Å². The third-order valence-electron chi connectivity index (χ3n) is 4.73. The Morgan fingerprint density at radius 2 is 1.67 bits per heavy atom. The van der Waals surface area contributed by atoms with Crippen LogP contribution in [0.15, 0.2) is 54.6 Å². The summed E-state index contributed by atoms with van der Waals surface area (Å²) in [5.74, 6) is 0.379. The number of benzene rings is 2. The summed E-state index contributed by atoms with van der Waals surface area (Å²) in [5, 5.41) is 2.79. The minimum absolute atomic E-state index is 0.0753. The molecule has 164 valence electrons. The number of carbonyl (C=O) groups is 1. The van der Waals surface area contributed by atoms with Gasteiger partial charge in [0.05, 0.1) is 18.5 Å². The molecule has 7 heteroatoms. The van der Waals surface area contributed by atoms with Gasteiger partial charge in [0.1, 0.15) is 18.4 Å². The number of ether oxygens (including phenoxy) is 1. The molecule has 0 spiro atoms. The van der Waals surface area contributed by atoms with E-state index in [-0.39, 0.29) is 17.9 Å². The number of hydrogen-bond donors (Lipinski definition) is 1. The average molecular weight is 433 g/mol. The van der Waals surface area contributed by atoms with E-state index >= 15 is 0 Å². The van der Waals surface area contributed by atoms with Gasteiger partial charge >= 0.3 is 0 Å². The van der Waals surface area contributed by atoms with Crippen molar-refractivity contribution in [3.05, 3.63) is 60.2 Å². The second kappa shape index (κ2) is 9.98. The van der Waals surface area contributed by atoms with Crippen molar-refractivity contribution in [2.45, 2.75) is 45.6 Å². The first kappa shape index (κ1) is 23.7. The van der Waals surface area contributed by atoms with Crippen molar-refractivity contribution in [2.24, 2.45) is 0 Å². The number of nitrogens with zero attached hydrogens (tertiary/aromatic N) is 1. The highest BCUT2D eigenvalue weighted by Gasteiger charge is 2.31. The van der Waals surface area contributed by atoms with E-state index in [1.165, 1.54) is 9.87 Å². The van der Waals surface area contributed by atoms with E-state index in [1.54, 1.807) is 37.3 Å². The molecule has 2 aromatic carbocycles. The third-order valence-corrected chi connectivity index (χ3v) is 5.91. The lowest BCUT2D eigenvalue weighted by Crippen LogP contribution is -2.49. The smallest absolute Gasteiger partial charge is 0.244 e. The fourth-order valence-corrected chi connectivity index (χ4v) is 4.36. The largest absolute Gasteiger partial charge is 0.492 e. The molecule has 1 atom stereocenters. The molecule has 0 aromatic heterocycles. The molecule has 6 nitrogen and oxygen atoms in total. The van der Waals surface area contributed by atoms with Crippen LogP contribution in [0.2, 0.25) is 0 Å². The van der Waals surface area contributed by atoms with E-state index in [2.05, 4.69) is 26.1 Å². The highest BCUT2D eigenvalue weighted by atomic mass is 32.2. The van der Waals surface area contributed by atoms with Gasteiger partial charge in [-0.1, -0.05) is 58.0 Å². The summed E-state index contributed by atoms with van der Waals surface area (Å²) in [6, 6.07) is 15.7. The lowest BCUT2D eigenvalue weighted by Gasteiger charge is -2.30. The standard InChI is InChI=1S/C23H32N2O4S/c1-6-21(25(30(5,27)28)19-10-8-7-9-11-19)22(26)24-16-17-29-20-14-12-18(13-15-20)23(2,3)4/h7-15,21H,6,16-17H2,1-5H3,(H,24,26)/t21-/m1/s1. The molecule has 0 fully saturated rings. The quantitative estimate of drug-likeness (QED) is 0.613. The van der Waals surface area contributed by atoms with E-state index in [4.69, 9.17) is 4.74 Å². The van der Waals surface area contributed by atoms with Crippen molar-refractivity contribution in [3.63, 3.8) is 0 Å². The molecule has 2 aromatic rings. The zero-order valence-electron chi connectivity index (χ0n) is 18.4. The number of anilines is 1. The summed E-state index contributed by atoms with van der Waals surface area (Å²) >= 11 is 0. The molecule has 0 bridgehead atoms. The van der Waals surface area contributed by atoms with E-state index in [0.717, 1.165) is 12.0 Å². The number of amides is 1. The number of nitrogens with one attached hydrogen (secondary N) is 1. The van der Waals surface area contributed by atoms with Gasteiger partial charge in [0, 0.05) is 0 Å². The predicted octanol–water partition coefficient (Wildman–Crippen LogP) is 3.72. The van der Waals surface area contributed by atoms with Crippen LogP contribution in [0.3, 0.4) is 0 Å². The van der Waals surface area contributed by atoms with Crippen molar-refractivity contribution in [1.29, 1.82) is 0 Å². The summed E-state index contributed by atoms with van der Waals surface area (Å²) in [6.45, 7) is 8.82. The lowest BCUT2D eigenvalue weighted by molar-refractivity contribution is -0.122. The SMILES string of the molecule is CC[C@H](C(=O)NCCOc1ccc(C(C)(C)C)cc1)N(c1ccccc1)S(C)(=O)=O. The van der Waals surface area contributed by atoms with Gasteiger partial charge in [-0.05, 0) is 41.7 Å². The Morgan fingerprint density at radius 1 is 1.07 bits per heavy atom. The van der Waals surface area contributed by atoms with Gasteiger partial charge in [-0.25, -0.2) is 8.42 Å². The number of rotatable bonds is 9. The van der Waals surface area contributed by atoms with Gasteiger partial charge in [-0.2, -0.15) is 0 Å². The van der Waals surface area contributed by atoms with Crippen LogP contribution in [-0.2, 0) is 20.2 Å². The van der Waals surface area contributed by atoms with Gasteiger partial charge in [-0.3, -0.25) is 9.10 Å². The second-order valence-electron chi connectivity index (χ2n) is 8.23. The minimum atomic E-state index is -3.62. The molecule has 0 unspecified atom stereocenters. The molecular formula is C23H32N2O4S. The molecule has 1 amide bonds. The lowest BCUT2D eigenvalue weighted by atomic mass is 9.87. The first-order valence-corrected chi connectivity index (χ1v) is 11.9. The highest BCUT2D eigenvalue weighted by Crippen LogP contribution is 2.24. The molecule has 1 N–H and O–H groups in total.